The van der Waals surface area contributed by atoms with Gasteiger partial charge in [0.05, 0.1) is 6.42 Å². The van der Waals surface area contributed by atoms with Crippen molar-refractivity contribution in [2.45, 2.75) is 39.2 Å². The predicted octanol–water partition coefficient (Wildman–Crippen LogP) is 1.26. The van der Waals surface area contributed by atoms with Crippen molar-refractivity contribution < 1.29 is 9.53 Å². The van der Waals surface area contributed by atoms with Crippen LogP contribution in [-0.2, 0) is 9.53 Å². The van der Waals surface area contributed by atoms with E-state index in [4.69, 9.17) is 4.74 Å². The monoisotopic (exact) mass is 230 g/mol. The number of carbonyl (C=O) groups is 1. The number of ether oxygens (including phenoxy) is 1. The van der Waals surface area contributed by atoms with Crippen LogP contribution in [0.4, 0.5) is 0 Å². The van der Waals surface area contributed by atoms with Gasteiger partial charge in [-0.2, -0.15) is 0 Å². The van der Waals surface area contributed by atoms with Crippen LogP contribution < -0.4 is 5.32 Å². The second kappa shape index (κ2) is 7.63. The second-order valence-electron chi connectivity index (χ2n) is 5.24. The zero-order valence-electron chi connectivity index (χ0n) is 11.3. The van der Waals surface area contributed by atoms with E-state index in [1.807, 2.05) is 20.8 Å². The average Bonchev–Trinajstić information content (AvgIpc) is 2.07. The van der Waals surface area contributed by atoms with Crippen LogP contribution in [-0.4, -0.2) is 50.2 Å². The molecule has 0 rings (SSSR count). The Kier molecular flexibility index (Phi) is 7.34. The van der Waals surface area contributed by atoms with Gasteiger partial charge in [-0.1, -0.05) is 0 Å². The Morgan fingerprint density at radius 3 is 2.38 bits per heavy atom. The molecule has 4 heteroatoms. The summed E-state index contributed by atoms with van der Waals surface area (Å²) in [7, 11) is 4.11. The van der Waals surface area contributed by atoms with Gasteiger partial charge in [0, 0.05) is 6.54 Å². The van der Waals surface area contributed by atoms with E-state index < -0.39 is 0 Å². The predicted molar refractivity (Wildman–Crippen MR) is 66.5 cm³/mol. The van der Waals surface area contributed by atoms with Gasteiger partial charge in [-0.05, 0) is 54.4 Å². The van der Waals surface area contributed by atoms with E-state index >= 15 is 0 Å². The molecule has 0 aromatic rings. The van der Waals surface area contributed by atoms with Crippen molar-refractivity contribution in [3.8, 4) is 0 Å². The molecule has 0 spiro atoms. The van der Waals surface area contributed by atoms with Gasteiger partial charge in [0.2, 0.25) is 0 Å². The molecule has 0 unspecified atom stereocenters. The molecule has 0 radical (unpaired) electrons. The van der Waals surface area contributed by atoms with E-state index in [0.717, 1.165) is 19.5 Å². The number of carbonyl (C=O) groups excluding carboxylic acids is 1. The smallest absolute Gasteiger partial charge is 0.307 e. The van der Waals surface area contributed by atoms with Crippen molar-refractivity contribution in [2.24, 2.45) is 0 Å². The standard InChI is InChI=1S/C12H26N2O2/c1-12(2,3)16-11(15)7-9-13-8-6-10-14(4)5/h13H,6-10H2,1-5H3. The molecule has 0 aromatic heterocycles. The molecular weight excluding hydrogens is 204 g/mol. The van der Waals surface area contributed by atoms with Crippen molar-refractivity contribution in [1.82, 2.24) is 10.2 Å². The molecule has 0 amide bonds. The Labute approximate surface area is 99.3 Å². The summed E-state index contributed by atoms with van der Waals surface area (Å²) in [5.74, 6) is -0.132. The first-order chi connectivity index (χ1) is 7.31. The molecule has 0 bridgehead atoms. The Balaban J connectivity index is 3.35. The summed E-state index contributed by atoms with van der Waals surface area (Å²) in [5, 5.41) is 3.23. The molecule has 0 fully saturated rings. The van der Waals surface area contributed by atoms with E-state index in [0.29, 0.717) is 13.0 Å². The molecule has 0 heterocycles. The Morgan fingerprint density at radius 1 is 1.25 bits per heavy atom. The van der Waals surface area contributed by atoms with Gasteiger partial charge >= 0.3 is 5.97 Å². The van der Waals surface area contributed by atoms with Gasteiger partial charge < -0.3 is 15.0 Å². The molecule has 0 aliphatic carbocycles. The molecule has 0 aliphatic heterocycles. The van der Waals surface area contributed by atoms with E-state index in [-0.39, 0.29) is 11.6 Å². The maximum atomic E-state index is 11.3. The lowest BCUT2D eigenvalue weighted by Crippen LogP contribution is -2.27. The van der Waals surface area contributed by atoms with Crippen molar-refractivity contribution in [3.05, 3.63) is 0 Å². The summed E-state index contributed by atoms with van der Waals surface area (Å²) >= 11 is 0. The maximum Gasteiger partial charge on any atom is 0.307 e. The molecule has 0 atom stereocenters. The van der Waals surface area contributed by atoms with E-state index in [1.54, 1.807) is 0 Å². The van der Waals surface area contributed by atoms with Crippen molar-refractivity contribution >= 4 is 5.97 Å². The number of hydrogen-bond donors (Lipinski definition) is 1. The van der Waals surface area contributed by atoms with Gasteiger partial charge in [0.15, 0.2) is 0 Å². The quantitative estimate of drug-likeness (QED) is 0.528. The number of nitrogens with zero attached hydrogens (tertiary/aromatic N) is 1. The average molecular weight is 230 g/mol. The third kappa shape index (κ3) is 11.5. The highest BCUT2D eigenvalue weighted by atomic mass is 16.6. The second-order valence-corrected chi connectivity index (χ2v) is 5.24. The van der Waals surface area contributed by atoms with Crippen molar-refractivity contribution in [1.29, 1.82) is 0 Å². The van der Waals surface area contributed by atoms with Crippen LogP contribution in [0.15, 0.2) is 0 Å². The Bertz CT molecular complexity index is 198. The SMILES string of the molecule is CN(C)CCCNCCC(=O)OC(C)(C)C. The first-order valence-corrected chi connectivity index (χ1v) is 5.88. The summed E-state index contributed by atoms with van der Waals surface area (Å²) in [4.78, 5) is 13.5. The zero-order valence-corrected chi connectivity index (χ0v) is 11.3. The van der Waals surface area contributed by atoms with E-state index in [1.165, 1.54) is 0 Å². The first-order valence-electron chi connectivity index (χ1n) is 5.88. The zero-order chi connectivity index (χ0) is 12.6. The van der Waals surface area contributed by atoms with Crippen molar-refractivity contribution in [2.75, 3.05) is 33.7 Å². The summed E-state index contributed by atoms with van der Waals surface area (Å²) in [6.45, 7) is 8.36. The van der Waals surface area contributed by atoms with Crippen LogP contribution in [0.3, 0.4) is 0 Å². The molecule has 0 saturated carbocycles. The van der Waals surface area contributed by atoms with Crippen LogP contribution in [0.5, 0.6) is 0 Å². The lowest BCUT2D eigenvalue weighted by atomic mass is 10.2. The molecule has 0 saturated heterocycles. The summed E-state index contributed by atoms with van der Waals surface area (Å²) in [5.41, 5.74) is -0.373. The van der Waals surface area contributed by atoms with Crippen molar-refractivity contribution in [3.63, 3.8) is 0 Å². The summed E-state index contributed by atoms with van der Waals surface area (Å²) in [6, 6.07) is 0. The Hall–Kier alpha value is -0.610. The third-order valence-electron chi connectivity index (χ3n) is 1.88. The summed E-state index contributed by atoms with van der Waals surface area (Å²) in [6.07, 6.45) is 1.54. The van der Waals surface area contributed by atoms with E-state index in [2.05, 4.69) is 24.3 Å². The topological polar surface area (TPSA) is 41.6 Å². The van der Waals surface area contributed by atoms with Crippen LogP contribution in [0.1, 0.15) is 33.6 Å². The van der Waals surface area contributed by atoms with Crippen LogP contribution >= 0.6 is 0 Å². The van der Waals surface area contributed by atoms with Crippen LogP contribution in [0.2, 0.25) is 0 Å². The van der Waals surface area contributed by atoms with E-state index in [9.17, 15) is 4.79 Å². The minimum Gasteiger partial charge on any atom is -0.460 e. The van der Waals surface area contributed by atoms with Gasteiger partial charge in [-0.25, -0.2) is 0 Å². The largest absolute Gasteiger partial charge is 0.460 e. The highest BCUT2D eigenvalue weighted by molar-refractivity contribution is 5.70. The van der Waals surface area contributed by atoms with Gasteiger partial charge in [-0.3, -0.25) is 4.79 Å². The molecule has 96 valence electrons. The third-order valence-corrected chi connectivity index (χ3v) is 1.88. The fourth-order valence-corrected chi connectivity index (χ4v) is 1.23. The molecule has 1 N–H and O–H groups in total. The normalized spacial score (nSPS) is 11.9. The van der Waals surface area contributed by atoms with Gasteiger partial charge in [0.25, 0.3) is 0 Å². The number of esters is 1. The molecule has 0 aromatic carbocycles. The Morgan fingerprint density at radius 2 is 1.88 bits per heavy atom. The first kappa shape index (κ1) is 15.4. The molecule has 16 heavy (non-hydrogen) atoms. The highest BCUT2D eigenvalue weighted by Crippen LogP contribution is 2.07. The highest BCUT2D eigenvalue weighted by Gasteiger charge is 2.15. The number of nitrogens with one attached hydrogen (secondary N) is 1. The molecule has 4 nitrogen and oxygen atoms in total. The van der Waals surface area contributed by atoms with Crippen LogP contribution in [0, 0.1) is 0 Å². The lowest BCUT2D eigenvalue weighted by molar-refractivity contribution is -0.154. The fourth-order valence-electron chi connectivity index (χ4n) is 1.23. The number of hydrogen-bond acceptors (Lipinski definition) is 4. The number of rotatable bonds is 7. The van der Waals surface area contributed by atoms with Gasteiger partial charge in [0.1, 0.15) is 5.60 Å². The summed E-state index contributed by atoms with van der Waals surface area (Å²) < 4.78 is 5.20. The van der Waals surface area contributed by atoms with Crippen LogP contribution in [0.25, 0.3) is 0 Å². The maximum absolute atomic E-state index is 11.3. The lowest BCUT2D eigenvalue weighted by Gasteiger charge is -2.19. The fraction of sp³-hybridized carbons (Fsp3) is 0.917. The minimum atomic E-state index is -0.373. The molecular formula is C12H26N2O2. The van der Waals surface area contributed by atoms with Gasteiger partial charge in [-0.15, -0.1) is 0 Å². The minimum absolute atomic E-state index is 0.132. The molecule has 0 aliphatic rings.